The van der Waals surface area contributed by atoms with Gasteiger partial charge in [0.15, 0.2) is 0 Å². The van der Waals surface area contributed by atoms with Crippen molar-refractivity contribution in [3.63, 3.8) is 0 Å². The number of aromatic nitrogens is 2. The molecule has 3 aromatic rings. The number of hydrogen-bond acceptors (Lipinski definition) is 9. The minimum atomic E-state index is -0.134. The fourth-order valence-electron chi connectivity index (χ4n) is 5.40. The Balaban J connectivity index is 1.50. The van der Waals surface area contributed by atoms with E-state index in [1.807, 2.05) is 23.6 Å². The van der Waals surface area contributed by atoms with Crippen LogP contribution in [0.3, 0.4) is 0 Å². The van der Waals surface area contributed by atoms with Crippen LogP contribution in [0.4, 0.5) is 5.95 Å². The number of methoxy groups -OCH3 is 1. The number of likely N-dealkylation sites (tertiary alicyclic amines) is 1. The van der Waals surface area contributed by atoms with Crippen molar-refractivity contribution in [2.45, 2.75) is 44.8 Å². The number of nitriles is 1. The van der Waals surface area contributed by atoms with Crippen LogP contribution in [0.15, 0.2) is 34.4 Å². The van der Waals surface area contributed by atoms with E-state index in [2.05, 4.69) is 15.9 Å². The molecule has 0 spiro atoms. The molecule has 0 amide bonds. The van der Waals surface area contributed by atoms with Gasteiger partial charge in [-0.15, -0.1) is 11.3 Å². The van der Waals surface area contributed by atoms with Crippen LogP contribution in [-0.4, -0.2) is 59.8 Å². The van der Waals surface area contributed by atoms with Gasteiger partial charge in [0.25, 0.3) is 5.56 Å². The molecule has 4 heterocycles. The van der Waals surface area contributed by atoms with Gasteiger partial charge < -0.3 is 15.4 Å². The van der Waals surface area contributed by atoms with Crippen molar-refractivity contribution < 1.29 is 9.53 Å². The molecule has 0 bridgehead atoms. The number of hydrogen-bond donors (Lipinski definition) is 1. The number of carbonyl (C=O) groups is 1. The number of esters is 1. The van der Waals surface area contributed by atoms with Gasteiger partial charge in [0.2, 0.25) is 5.95 Å². The number of piperidine rings is 2. The largest absolute Gasteiger partial charge is 0.469 e. The monoisotopic (exact) mass is 520 g/mol. The molecule has 9 nitrogen and oxygen atoms in total. The lowest BCUT2D eigenvalue weighted by Crippen LogP contribution is -2.45. The maximum absolute atomic E-state index is 13.9. The summed E-state index contributed by atoms with van der Waals surface area (Å²) in [6.07, 6.45) is 3.43. The topological polar surface area (TPSA) is 117 Å². The second kappa shape index (κ2) is 11.0. The number of nitrogens with zero attached hydrogens (tertiary/aromatic N) is 5. The van der Waals surface area contributed by atoms with Crippen LogP contribution in [0.1, 0.15) is 42.4 Å². The van der Waals surface area contributed by atoms with Gasteiger partial charge in [-0.05, 0) is 55.8 Å². The molecule has 2 aromatic heterocycles. The van der Waals surface area contributed by atoms with E-state index in [9.17, 15) is 14.9 Å². The Hall–Kier alpha value is -3.26. The molecule has 0 radical (unpaired) electrons. The second-order valence-electron chi connectivity index (χ2n) is 9.93. The van der Waals surface area contributed by atoms with E-state index in [1.165, 1.54) is 18.4 Å². The van der Waals surface area contributed by atoms with Gasteiger partial charge in [-0.25, -0.2) is 4.98 Å². The third-order valence-electron chi connectivity index (χ3n) is 7.45. The fraction of sp³-hybridized carbons (Fsp3) is 0.481. The molecule has 2 saturated heterocycles. The molecule has 0 saturated carbocycles. The molecule has 2 N–H and O–H groups in total. The summed E-state index contributed by atoms with van der Waals surface area (Å²) >= 11 is 1.42. The average Bonchev–Trinajstić information content (AvgIpc) is 3.33. The molecule has 1 aromatic carbocycles. The second-order valence-corrected chi connectivity index (χ2v) is 10.8. The summed E-state index contributed by atoms with van der Waals surface area (Å²) in [6, 6.07) is 9.64. The molecule has 5 rings (SSSR count). The van der Waals surface area contributed by atoms with Crippen molar-refractivity contribution in [3.05, 3.63) is 56.7 Å². The average molecular weight is 521 g/mol. The van der Waals surface area contributed by atoms with Crippen LogP contribution in [0.2, 0.25) is 0 Å². The summed E-state index contributed by atoms with van der Waals surface area (Å²) in [4.78, 5) is 35.3. The standard InChI is InChI=1S/C27H32N6O3S/c1-36-26(35)18-8-11-31(12-9-18)14-21-17-37-24-23(21)30-27(32-10-4-7-22(29)16-32)33(25(24)34)15-20-6-3-2-5-19(20)13-28/h2-3,5-6,17-18,22H,4,7-12,14-16,29H2,1H3. The fourth-order valence-corrected chi connectivity index (χ4v) is 6.34. The Labute approximate surface area is 220 Å². The van der Waals surface area contributed by atoms with Crippen LogP contribution in [-0.2, 0) is 22.6 Å². The Morgan fingerprint density at radius 1 is 1.19 bits per heavy atom. The van der Waals surface area contributed by atoms with Crippen molar-refractivity contribution in [1.29, 1.82) is 5.26 Å². The van der Waals surface area contributed by atoms with Crippen molar-refractivity contribution in [3.8, 4) is 6.07 Å². The first-order valence-electron chi connectivity index (χ1n) is 12.8. The van der Waals surface area contributed by atoms with Crippen LogP contribution in [0.5, 0.6) is 0 Å². The lowest BCUT2D eigenvalue weighted by molar-refractivity contribution is -0.147. The van der Waals surface area contributed by atoms with Crippen molar-refractivity contribution in [2.75, 3.05) is 38.2 Å². The van der Waals surface area contributed by atoms with Crippen LogP contribution >= 0.6 is 11.3 Å². The van der Waals surface area contributed by atoms with E-state index >= 15 is 0 Å². The van der Waals surface area contributed by atoms with Crippen LogP contribution in [0.25, 0.3) is 10.2 Å². The van der Waals surface area contributed by atoms with Gasteiger partial charge in [-0.1, -0.05) is 18.2 Å². The van der Waals surface area contributed by atoms with Gasteiger partial charge in [0.1, 0.15) is 4.70 Å². The van der Waals surface area contributed by atoms with Crippen molar-refractivity contribution in [2.24, 2.45) is 11.7 Å². The third kappa shape index (κ3) is 5.25. The first-order valence-corrected chi connectivity index (χ1v) is 13.7. The first kappa shape index (κ1) is 25.4. The number of fused-ring (bicyclic) bond motifs is 1. The highest BCUT2D eigenvalue weighted by molar-refractivity contribution is 7.17. The number of rotatable bonds is 6. The quantitative estimate of drug-likeness (QED) is 0.493. The number of carbonyl (C=O) groups excluding carboxylic acids is 1. The van der Waals surface area contributed by atoms with Crippen LogP contribution < -0.4 is 16.2 Å². The normalized spacial score (nSPS) is 19.2. The lowest BCUT2D eigenvalue weighted by atomic mass is 9.97. The number of anilines is 1. The maximum Gasteiger partial charge on any atom is 0.308 e. The zero-order chi connectivity index (χ0) is 25.9. The van der Waals surface area contributed by atoms with Crippen LogP contribution in [0, 0.1) is 17.2 Å². The molecule has 37 heavy (non-hydrogen) atoms. The molecule has 194 valence electrons. The Bertz CT molecular complexity index is 1390. The Morgan fingerprint density at radius 2 is 1.97 bits per heavy atom. The minimum Gasteiger partial charge on any atom is -0.469 e. The summed E-state index contributed by atoms with van der Waals surface area (Å²) < 4.78 is 7.25. The minimum absolute atomic E-state index is 0.0271. The van der Waals surface area contributed by atoms with Gasteiger partial charge in [0, 0.05) is 31.2 Å². The summed E-state index contributed by atoms with van der Waals surface area (Å²) in [6.45, 7) is 3.98. The third-order valence-corrected chi connectivity index (χ3v) is 8.46. The predicted molar refractivity (Wildman–Crippen MR) is 144 cm³/mol. The molecular weight excluding hydrogens is 488 g/mol. The number of benzene rings is 1. The lowest BCUT2D eigenvalue weighted by Gasteiger charge is -2.33. The van der Waals surface area contributed by atoms with Crippen molar-refractivity contribution in [1.82, 2.24) is 14.5 Å². The molecule has 1 unspecified atom stereocenters. The Kier molecular flexibility index (Phi) is 7.55. The van der Waals surface area contributed by atoms with Gasteiger partial charge in [-0.3, -0.25) is 19.1 Å². The molecule has 2 aliphatic rings. The molecule has 1 atom stereocenters. The van der Waals surface area contributed by atoms with Gasteiger partial charge in [0.05, 0.1) is 36.7 Å². The van der Waals surface area contributed by atoms with Crippen molar-refractivity contribution >= 4 is 33.5 Å². The number of thiophene rings is 1. The maximum atomic E-state index is 13.9. The zero-order valence-corrected chi connectivity index (χ0v) is 21.9. The highest BCUT2D eigenvalue weighted by Crippen LogP contribution is 2.29. The van der Waals surface area contributed by atoms with Gasteiger partial charge >= 0.3 is 5.97 Å². The van der Waals surface area contributed by atoms with Gasteiger partial charge in [-0.2, -0.15) is 5.26 Å². The Morgan fingerprint density at radius 3 is 2.70 bits per heavy atom. The number of ether oxygens (including phenoxy) is 1. The SMILES string of the molecule is COC(=O)C1CCN(Cc2csc3c(=O)n(Cc4ccccc4C#N)c(N4CCCC(N)C4)nc23)CC1. The van der Waals surface area contributed by atoms with E-state index < -0.39 is 0 Å². The summed E-state index contributed by atoms with van der Waals surface area (Å²) in [5.74, 6) is 0.437. The first-order chi connectivity index (χ1) is 18.0. The van der Waals surface area contributed by atoms with E-state index in [0.717, 1.165) is 62.0 Å². The zero-order valence-electron chi connectivity index (χ0n) is 21.1. The van der Waals surface area contributed by atoms with E-state index in [4.69, 9.17) is 15.5 Å². The summed E-state index contributed by atoms with van der Waals surface area (Å²) in [5.41, 5.74) is 9.32. The summed E-state index contributed by atoms with van der Waals surface area (Å²) in [5, 5.41) is 11.6. The molecule has 10 heteroatoms. The highest BCUT2D eigenvalue weighted by Gasteiger charge is 2.28. The predicted octanol–water partition coefficient (Wildman–Crippen LogP) is 2.69. The summed E-state index contributed by atoms with van der Waals surface area (Å²) in [7, 11) is 1.44. The molecule has 2 aliphatic heterocycles. The molecule has 0 aliphatic carbocycles. The highest BCUT2D eigenvalue weighted by atomic mass is 32.1. The number of nitrogens with two attached hydrogens (primary N) is 1. The molecule has 2 fully saturated rings. The smallest absolute Gasteiger partial charge is 0.308 e. The molecular formula is C27H32N6O3S. The van der Waals surface area contributed by atoms with E-state index in [0.29, 0.717) is 29.3 Å². The van der Waals surface area contributed by atoms with E-state index in [-0.39, 0.29) is 30.0 Å². The van der Waals surface area contributed by atoms with E-state index in [1.54, 1.807) is 10.6 Å².